The minimum absolute atomic E-state index is 0.0381. The fraction of sp³-hybridized carbons (Fsp3) is 0.667. The number of hydrogen-bond acceptors (Lipinski definition) is 4. The Balaban J connectivity index is 1.48. The highest BCUT2D eigenvalue weighted by Crippen LogP contribution is 2.49. The molecule has 0 saturated carbocycles. The predicted molar refractivity (Wildman–Crippen MR) is 103 cm³/mol. The molecule has 1 aromatic heterocycles. The lowest BCUT2D eigenvalue weighted by atomic mass is 9.75. The van der Waals surface area contributed by atoms with E-state index in [0.29, 0.717) is 5.92 Å². The van der Waals surface area contributed by atoms with Crippen LogP contribution >= 0.6 is 0 Å². The predicted octanol–water partition coefficient (Wildman–Crippen LogP) is 1.62. The molecular weight excluding hydrogens is 340 g/mol. The van der Waals surface area contributed by atoms with Crippen LogP contribution in [0.25, 0.3) is 0 Å². The Labute approximate surface area is 161 Å². The van der Waals surface area contributed by atoms with Crippen molar-refractivity contribution in [2.75, 3.05) is 33.2 Å². The summed E-state index contributed by atoms with van der Waals surface area (Å²) >= 11 is 0. The van der Waals surface area contributed by atoms with E-state index < -0.39 is 0 Å². The van der Waals surface area contributed by atoms with E-state index in [1.165, 1.54) is 5.56 Å². The van der Waals surface area contributed by atoms with Gasteiger partial charge in [-0.15, -0.1) is 0 Å². The van der Waals surface area contributed by atoms with Crippen LogP contribution in [-0.2, 0) is 16.1 Å². The van der Waals surface area contributed by atoms with E-state index in [1.807, 2.05) is 43.0 Å². The van der Waals surface area contributed by atoms with Gasteiger partial charge in [-0.2, -0.15) is 0 Å². The summed E-state index contributed by atoms with van der Waals surface area (Å²) in [5.41, 5.74) is 1.11. The van der Waals surface area contributed by atoms with Crippen LogP contribution in [0.3, 0.4) is 0 Å². The van der Waals surface area contributed by atoms with E-state index >= 15 is 0 Å². The van der Waals surface area contributed by atoms with Gasteiger partial charge in [-0.3, -0.25) is 19.5 Å². The number of nitrogens with zero attached hydrogens (tertiary/aromatic N) is 4. The molecule has 0 N–H and O–H groups in total. The molecule has 0 bridgehead atoms. The number of rotatable bonds is 3. The van der Waals surface area contributed by atoms with Crippen molar-refractivity contribution in [3.05, 3.63) is 30.1 Å². The number of aromatic nitrogens is 1. The molecule has 1 spiro atoms. The topological polar surface area (TPSA) is 56.8 Å². The number of likely N-dealkylation sites (tertiary alicyclic amines) is 3. The fourth-order valence-corrected chi connectivity index (χ4v) is 5.46. The van der Waals surface area contributed by atoms with E-state index in [-0.39, 0.29) is 29.2 Å². The van der Waals surface area contributed by atoms with Gasteiger partial charge >= 0.3 is 0 Å². The van der Waals surface area contributed by atoms with Gasteiger partial charge in [0.25, 0.3) is 0 Å². The molecule has 27 heavy (non-hydrogen) atoms. The lowest BCUT2D eigenvalue weighted by Gasteiger charge is -2.47. The third kappa shape index (κ3) is 3.04. The summed E-state index contributed by atoms with van der Waals surface area (Å²) in [4.78, 5) is 36.0. The Morgan fingerprint density at radius 2 is 2.04 bits per heavy atom. The molecule has 0 aliphatic carbocycles. The summed E-state index contributed by atoms with van der Waals surface area (Å²) < 4.78 is 0. The Kier molecular flexibility index (Phi) is 4.70. The van der Waals surface area contributed by atoms with Crippen molar-refractivity contribution in [3.63, 3.8) is 0 Å². The maximum Gasteiger partial charge on any atom is 0.227 e. The summed E-state index contributed by atoms with van der Waals surface area (Å²) in [6.07, 6.45) is 5.50. The van der Waals surface area contributed by atoms with Crippen molar-refractivity contribution < 1.29 is 9.59 Å². The molecule has 6 nitrogen and oxygen atoms in total. The Morgan fingerprint density at radius 1 is 1.30 bits per heavy atom. The smallest absolute Gasteiger partial charge is 0.227 e. The van der Waals surface area contributed by atoms with Crippen LogP contribution in [0.2, 0.25) is 0 Å². The highest BCUT2D eigenvalue weighted by Gasteiger charge is 2.60. The van der Waals surface area contributed by atoms with Gasteiger partial charge < -0.3 is 9.80 Å². The summed E-state index contributed by atoms with van der Waals surface area (Å²) in [7, 11) is 1.98. The van der Waals surface area contributed by atoms with E-state index in [4.69, 9.17) is 0 Å². The standard InChI is InChI=1S/C21H30N4O2/c1-15(2)19(26)25-9-6-21(7-10-25)18-14-24(12-16-5-4-8-22-11-16)13-17(18)20(27)23(21)3/h4-5,8,11,15,17-18H,6-7,9-10,12-14H2,1-3H3/t17-,18+/m0/s1. The maximum absolute atomic E-state index is 13.0. The molecule has 146 valence electrons. The second-order valence-electron chi connectivity index (χ2n) is 8.75. The number of amides is 2. The summed E-state index contributed by atoms with van der Waals surface area (Å²) in [6.45, 7) is 8.09. The van der Waals surface area contributed by atoms with Crippen LogP contribution in [0.15, 0.2) is 24.5 Å². The normalized spacial score (nSPS) is 27.6. The molecule has 0 unspecified atom stereocenters. The average Bonchev–Trinajstić information content (AvgIpc) is 3.17. The fourth-order valence-electron chi connectivity index (χ4n) is 5.46. The molecule has 3 fully saturated rings. The zero-order valence-corrected chi connectivity index (χ0v) is 16.6. The molecule has 3 aliphatic heterocycles. The minimum atomic E-state index is -0.0841. The second kappa shape index (κ2) is 6.89. The number of carbonyl (C=O) groups excluding carboxylic acids is 2. The third-order valence-corrected chi connectivity index (χ3v) is 6.97. The van der Waals surface area contributed by atoms with Crippen LogP contribution < -0.4 is 0 Å². The van der Waals surface area contributed by atoms with E-state index in [0.717, 1.165) is 45.6 Å². The molecule has 3 saturated heterocycles. The van der Waals surface area contributed by atoms with Crippen LogP contribution in [0.4, 0.5) is 0 Å². The lowest BCUT2D eigenvalue weighted by molar-refractivity contribution is -0.139. The van der Waals surface area contributed by atoms with Crippen molar-refractivity contribution in [1.82, 2.24) is 19.7 Å². The van der Waals surface area contributed by atoms with Gasteiger partial charge in [0, 0.05) is 64.0 Å². The van der Waals surface area contributed by atoms with Crippen LogP contribution in [0, 0.1) is 17.8 Å². The van der Waals surface area contributed by atoms with Crippen molar-refractivity contribution in [2.45, 2.75) is 38.8 Å². The molecule has 3 aliphatic rings. The number of fused-ring (bicyclic) bond motifs is 2. The third-order valence-electron chi connectivity index (χ3n) is 6.97. The molecule has 2 atom stereocenters. The average molecular weight is 370 g/mol. The van der Waals surface area contributed by atoms with Gasteiger partial charge in [0.1, 0.15) is 0 Å². The monoisotopic (exact) mass is 370 g/mol. The zero-order valence-electron chi connectivity index (χ0n) is 16.6. The van der Waals surface area contributed by atoms with Crippen LogP contribution in [0.5, 0.6) is 0 Å². The number of carbonyl (C=O) groups is 2. The van der Waals surface area contributed by atoms with Crippen LogP contribution in [-0.4, -0.2) is 70.3 Å². The van der Waals surface area contributed by atoms with Crippen molar-refractivity contribution in [3.8, 4) is 0 Å². The first kappa shape index (κ1) is 18.4. The molecule has 1 aromatic rings. The number of pyridine rings is 1. The Hall–Kier alpha value is -1.95. The summed E-state index contributed by atoms with van der Waals surface area (Å²) in [5, 5.41) is 0. The zero-order chi connectivity index (χ0) is 19.2. The minimum Gasteiger partial charge on any atom is -0.342 e. The lowest BCUT2D eigenvalue weighted by Crippen LogP contribution is -2.57. The van der Waals surface area contributed by atoms with Gasteiger partial charge in [0.05, 0.1) is 11.5 Å². The van der Waals surface area contributed by atoms with E-state index in [9.17, 15) is 9.59 Å². The molecule has 0 aromatic carbocycles. The van der Waals surface area contributed by atoms with Crippen molar-refractivity contribution >= 4 is 11.8 Å². The molecule has 0 radical (unpaired) electrons. The first-order chi connectivity index (χ1) is 12.9. The molecule has 4 heterocycles. The van der Waals surface area contributed by atoms with Gasteiger partial charge in [0.15, 0.2) is 0 Å². The van der Waals surface area contributed by atoms with Gasteiger partial charge in [-0.25, -0.2) is 0 Å². The molecule has 4 rings (SSSR count). The quantitative estimate of drug-likeness (QED) is 0.811. The maximum atomic E-state index is 13.0. The second-order valence-corrected chi connectivity index (χ2v) is 8.75. The first-order valence-electron chi connectivity index (χ1n) is 10.1. The van der Waals surface area contributed by atoms with E-state index in [1.54, 1.807) is 6.20 Å². The van der Waals surface area contributed by atoms with Gasteiger partial charge in [0.2, 0.25) is 11.8 Å². The largest absolute Gasteiger partial charge is 0.342 e. The molecule has 6 heteroatoms. The Morgan fingerprint density at radius 3 is 2.67 bits per heavy atom. The van der Waals surface area contributed by atoms with Crippen molar-refractivity contribution in [2.24, 2.45) is 17.8 Å². The Bertz CT molecular complexity index is 712. The number of hydrogen-bond donors (Lipinski definition) is 0. The highest BCUT2D eigenvalue weighted by molar-refractivity contribution is 5.84. The van der Waals surface area contributed by atoms with Crippen LogP contribution in [0.1, 0.15) is 32.3 Å². The van der Waals surface area contributed by atoms with Crippen molar-refractivity contribution in [1.29, 1.82) is 0 Å². The van der Waals surface area contributed by atoms with Gasteiger partial charge in [-0.1, -0.05) is 19.9 Å². The number of piperidine rings is 1. The molecular formula is C21H30N4O2. The molecule has 2 amide bonds. The first-order valence-corrected chi connectivity index (χ1v) is 10.1. The van der Waals surface area contributed by atoms with E-state index in [2.05, 4.69) is 16.0 Å². The summed E-state index contributed by atoms with van der Waals surface area (Å²) in [6, 6.07) is 4.06. The highest BCUT2D eigenvalue weighted by atomic mass is 16.2. The summed E-state index contributed by atoms with van der Waals surface area (Å²) in [5.74, 6) is 1.02. The van der Waals surface area contributed by atoms with Gasteiger partial charge in [-0.05, 0) is 24.5 Å². The SMILES string of the molecule is CC(C)C(=O)N1CCC2(CC1)[C@@H]1CN(Cc3cccnc3)C[C@@H]1C(=O)N2C.